The van der Waals surface area contributed by atoms with Crippen LogP contribution in [0, 0.1) is 0 Å². The van der Waals surface area contributed by atoms with E-state index in [4.69, 9.17) is 0 Å². The van der Waals surface area contributed by atoms with Gasteiger partial charge in [0.25, 0.3) is 0 Å². The highest BCUT2D eigenvalue weighted by molar-refractivity contribution is 5.57. The van der Waals surface area contributed by atoms with E-state index in [0.29, 0.717) is 0 Å². The van der Waals surface area contributed by atoms with Crippen LogP contribution < -0.4 is 5.32 Å². The van der Waals surface area contributed by atoms with Crippen LogP contribution in [0.5, 0.6) is 0 Å². The van der Waals surface area contributed by atoms with Crippen molar-refractivity contribution in [3.8, 4) is 0 Å². The summed E-state index contributed by atoms with van der Waals surface area (Å²) in [5.41, 5.74) is 4.04. The molecule has 1 aromatic heterocycles. The Bertz CT molecular complexity index is 492. The first-order valence-electron chi connectivity index (χ1n) is 6.57. The quantitative estimate of drug-likeness (QED) is 0.874. The number of nitrogens with one attached hydrogen (secondary N) is 1. The van der Waals surface area contributed by atoms with Crippen LogP contribution in [0.3, 0.4) is 0 Å². The minimum Gasteiger partial charge on any atom is -0.377 e. The van der Waals surface area contributed by atoms with Crippen LogP contribution in [-0.2, 0) is 26.4 Å². The molecular formula is C15H21N3. The lowest BCUT2D eigenvalue weighted by molar-refractivity contribution is 0.811. The summed E-state index contributed by atoms with van der Waals surface area (Å²) in [5.74, 6) is 1.06. The van der Waals surface area contributed by atoms with E-state index in [9.17, 15) is 0 Å². The van der Waals surface area contributed by atoms with Crippen molar-refractivity contribution in [1.29, 1.82) is 0 Å². The Morgan fingerprint density at radius 2 is 1.83 bits per heavy atom. The fraction of sp³-hybridized carbons (Fsp3) is 0.400. The normalized spacial score (nSPS) is 10.6. The molecule has 3 nitrogen and oxygen atoms in total. The number of aromatic nitrogens is 2. The summed E-state index contributed by atoms with van der Waals surface area (Å²) in [6.07, 6.45) is 5.92. The van der Waals surface area contributed by atoms with Gasteiger partial charge in [0.1, 0.15) is 5.82 Å². The van der Waals surface area contributed by atoms with Crippen molar-refractivity contribution in [2.24, 2.45) is 7.05 Å². The SMILES string of the molecule is CCc1cccc(CC)c1NCc1nccn1C. The third kappa shape index (κ3) is 2.55. The zero-order valence-corrected chi connectivity index (χ0v) is 11.4. The Labute approximate surface area is 109 Å². The zero-order valence-electron chi connectivity index (χ0n) is 11.4. The van der Waals surface area contributed by atoms with Crippen molar-refractivity contribution in [1.82, 2.24) is 9.55 Å². The molecule has 0 unspecified atom stereocenters. The Morgan fingerprint density at radius 3 is 2.33 bits per heavy atom. The second kappa shape index (κ2) is 5.71. The summed E-state index contributed by atoms with van der Waals surface area (Å²) in [7, 11) is 2.02. The number of hydrogen-bond donors (Lipinski definition) is 1. The first-order chi connectivity index (χ1) is 8.76. The van der Waals surface area contributed by atoms with Crippen molar-refractivity contribution >= 4 is 5.69 Å². The smallest absolute Gasteiger partial charge is 0.127 e. The van der Waals surface area contributed by atoms with Gasteiger partial charge in [-0.2, -0.15) is 0 Å². The molecule has 0 aliphatic rings. The first kappa shape index (κ1) is 12.7. The van der Waals surface area contributed by atoms with Crippen LogP contribution in [0.1, 0.15) is 30.8 Å². The van der Waals surface area contributed by atoms with Crippen LogP contribution in [0.25, 0.3) is 0 Å². The van der Waals surface area contributed by atoms with E-state index < -0.39 is 0 Å². The van der Waals surface area contributed by atoms with E-state index in [-0.39, 0.29) is 0 Å². The minimum atomic E-state index is 0.771. The Morgan fingerprint density at radius 1 is 1.17 bits per heavy atom. The van der Waals surface area contributed by atoms with Crippen molar-refractivity contribution in [2.45, 2.75) is 33.2 Å². The summed E-state index contributed by atoms with van der Waals surface area (Å²) >= 11 is 0. The van der Waals surface area contributed by atoms with E-state index in [1.54, 1.807) is 0 Å². The molecule has 0 saturated carbocycles. The van der Waals surface area contributed by atoms with Gasteiger partial charge in [-0.1, -0.05) is 32.0 Å². The average Bonchev–Trinajstić information content (AvgIpc) is 2.81. The van der Waals surface area contributed by atoms with Crippen molar-refractivity contribution in [3.63, 3.8) is 0 Å². The predicted molar refractivity (Wildman–Crippen MR) is 75.7 cm³/mol. The van der Waals surface area contributed by atoms with Crippen molar-refractivity contribution in [3.05, 3.63) is 47.5 Å². The molecule has 0 aliphatic carbocycles. The number of benzene rings is 1. The van der Waals surface area contributed by atoms with Gasteiger partial charge in [-0.3, -0.25) is 0 Å². The summed E-state index contributed by atoms with van der Waals surface area (Å²) in [5, 5.41) is 3.54. The standard InChI is InChI=1S/C15H21N3/c1-4-12-7-6-8-13(5-2)15(12)17-11-14-16-9-10-18(14)3/h6-10,17H,4-5,11H2,1-3H3. The van der Waals surface area contributed by atoms with Gasteiger partial charge in [-0.25, -0.2) is 4.98 Å². The van der Waals surface area contributed by atoms with Crippen LogP contribution in [0.15, 0.2) is 30.6 Å². The van der Waals surface area contributed by atoms with Crippen LogP contribution in [-0.4, -0.2) is 9.55 Å². The predicted octanol–water partition coefficient (Wildman–Crippen LogP) is 3.16. The van der Waals surface area contributed by atoms with E-state index in [1.165, 1.54) is 16.8 Å². The van der Waals surface area contributed by atoms with Gasteiger partial charge in [0.05, 0.1) is 6.54 Å². The Hall–Kier alpha value is -1.77. The molecule has 0 fully saturated rings. The fourth-order valence-electron chi connectivity index (χ4n) is 2.20. The lowest BCUT2D eigenvalue weighted by Crippen LogP contribution is -2.09. The number of aryl methyl sites for hydroxylation is 3. The maximum absolute atomic E-state index is 4.34. The summed E-state index contributed by atoms with van der Waals surface area (Å²) in [6.45, 7) is 5.16. The van der Waals surface area contributed by atoms with Crippen LogP contribution >= 0.6 is 0 Å². The second-order valence-electron chi connectivity index (χ2n) is 4.47. The largest absolute Gasteiger partial charge is 0.377 e. The van der Waals surface area contributed by atoms with E-state index in [0.717, 1.165) is 25.2 Å². The van der Waals surface area contributed by atoms with E-state index >= 15 is 0 Å². The number of imidazole rings is 1. The molecule has 0 atom stereocenters. The molecule has 0 aliphatic heterocycles. The van der Waals surface area contributed by atoms with Crippen molar-refractivity contribution < 1.29 is 0 Å². The lowest BCUT2D eigenvalue weighted by Gasteiger charge is -2.15. The second-order valence-corrected chi connectivity index (χ2v) is 4.47. The molecule has 1 N–H and O–H groups in total. The summed E-state index contributed by atoms with van der Waals surface area (Å²) in [6, 6.07) is 6.53. The first-order valence-corrected chi connectivity index (χ1v) is 6.57. The molecular weight excluding hydrogens is 222 g/mol. The molecule has 18 heavy (non-hydrogen) atoms. The van der Waals surface area contributed by atoms with Gasteiger partial charge in [0, 0.05) is 25.1 Å². The molecule has 1 heterocycles. The minimum absolute atomic E-state index is 0.771. The van der Waals surface area contributed by atoms with E-state index in [2.05, 4.69) is 42.3 Å². The molecule has 0 radical (unpaired) electrons. The lowest BCUT2D eigenvalue weighted by atomic mass is 10.0. The van der Waals surface area contributed by atoms with E-state index in [1.807, 2.05) is 24.0 Å². The molecule has 0 bridgehead atoms. The van der Waals surface area contributed by atoms with Gasteiger partial charge < -0.3 is 9.88 Å². The highest BCUT2D eigenvalue weighted by Gasteiger charge is 2.06. The number of anilines is 1. The molecule has 1 aromatic carbocycles. The molecule has 2 rings (SSSR count). The number of hydrogen-bond acceptors (Lipinski definition) is 2. The highest BCUT2D eigenvalue weighted by Crippen LogP contribution is 2.23. The van der Waals surface area contributed by atoms with Gasteiger partial charge in [-0.15, -0.1) is 0 Å². The topological polar surface area (TPSA) is 29.9 Å². The maximum atomic E-state index is 4.34. The van der Waals surface area contributed by atoms with Gasteiger partial charge in [0.2, 0.25) is 0 Å². The molecule has 0 saturated heterocycles. The molecule has 2 aromatic rings. The Kier molecular flexibility index (Phi) is 4.03. The summed E-state index contributed by atoms with van der Waals surface area (Å²) in [4.78, 5) is 4.34. The third-order valence-corrected chi connectivity index (χ3v) is 3.34. The van der Waals surface area contributed by atoms with Crippen LogP contribution in [0.4, 0.5) is 5.69 Å². The number of para-hydroxylation sites is 1. The molecule has 0 amide bonds. The average molecular weight is 243 g/mol. The highest BCUT2D eigenvalue weighted by atomic mass is 15.1. The molecule has 0 spiro atoms. The number of nitrogens with zero attached hydrogens (tertiary/aromatic N) is 2. The fourth-order valence-corrected chi connectivity index (χ4v) is 2.20. The zero-order chi connectivity index (χ0) is 13.0. The molecule has 96 valence electrons. The monoisotopic (exact) mass is 243 g/mol. The summed E-state index contributed by atoms with van der Waals surface area (Å²) < 4.78 is 2.05. The third-order valence-electron chi connectivity index (χ3n) is 3.34. The maximum Gasteiger partial charge on any atom is 0.127 e. The Balaban J connectivity index is 2.20. The van der Waals surface area contributed by atoms with Gasteiger partial charge in [-0.05, 0) is 24.0 Å². The van der Waals surface area contributed by atoms with Crippen molar-refractivity contribution in [2.75, 3.05) is 5.32 Å². The van der Waals surface area contributed by atoms with Gasteiger partial charge >= 0.3 is 0 Å². The number of rotatable bonds is 5. The van der Waals surface area contributed by atoms with Gasteiger partial charge in [0.15, 0.2) is 0 Å². The van der Waals surface area contributed by atoms with Crippen LogP contribution in [0.2, 0.25) is 0 Å². The molecule has 3 heteroatoms.